The highest BCUT2D eigenvalue weighted by Crippen LogP contribution is 2.32. The fraction of sp³-hybridized carbons (Fsp3) is 0.385. The fourth-order valence-electron chi connectivity index (χ4n) is 3.63. The molecule has 0 spiro atoms. The van der Waals surface area contributed by atoms with Gasteiger partial charge in [0.2, 0.25) is 0 Å². The van der Waals surface area contributed by atoms with Crippen LogP contribution in [0, 0.1) is 5.41 Å². The monoisotopic (exact) mass is 420 g/mol. The van der Waals surface area contributed by atoms with E-state index < -0.39 is 0 Å². The molecule has 31 heavy (non-hydrogen) atoms. The Morgan fingerprint density at radius 1 is 1.13 bits per heavy atom. The number of benzene rings is 2. The van der Waals surface area contributed by atoms with E-state index in [1.54, 1.807) is 37.5 Å². The highest BCUT2D eigenvalue weighted by Gasteiger charge is 2.28. The number of hydrogen-bond acceptors (Lipinski definition) is 4. The number of amides is 1. The average molecular weight is 421 g/mol. The normalized spacial score (nSPS) is 16.3. The van der Waals surface area contributed by atoms with Gasteiger partial charge in [-0.25, -0.2) is 0 Å². The summed E-state index contributed by atoms with van der Waals surface area (Å²) in [5.41, 5.74) is 3.66. The Hall–Kier alpha value is -3.08. The average Bonchev–Trinajstić information content (AvgIpc) is 2.70. The van der Waals surface area contributed by atoms with Gasteiger partial charge in [0.05, 0.1) is 7.11 Å². The zero-order valence-electron chi connectivity index (χ0n) is 19.3. The molecule has 2 aromatic rings. The SMILES string of the molecule is COc1ccc2c(c1)/C(=C/C(=O)c1cccc(C(=O)NCC(C)(C)C)c1)NC(C)(C)C2. The molecular weight excluding hydrogens is 388 g/mol. The van der Waals surface area contributed by atoms with E-state index in [0.717, 1.165) is 23.4 Å². The molecule has 1 aliphatic rings. The first-order valence-corrected chi connectivity index (χ1v) is 10.6. The molecule has 0 saturated heterocycles. The Kier molecular flexibility index (Phi) is 6.25. The Bertz CT molecular complexity index is 1030. The van der Waals surface area contributed by atoms with Gasteiger partial charge in [0.1, 0.15) is 5.75 Å². The van der Waals surface area contributed by atoms with E-state index in [1.807, 2.05) is 12.1 Å². The maximum absolute atomic E-state index is 13.1. The van der Waals surface area contributed by atoms with Crippen LogP contribution in [0.15, 0.2) is 48.5 Å². The van der Waals surface area contributed by atoms with Crippen LogP contribution in [0.3, 0.4) is 0 Å². The summed E-state index contributed by atoms with van der Waals surface area (Å²) < 4.78 is 5.37. The summed E-state index contributed by atoms with van der Waals surface area (Å²) in [4.78, 5) is 25.6. The Balaban J connectivity index is 1.89. The van der Waals surface area contributed by atoms with E-state index in [9.17, 15) is 9.59 Å². The Labute approximate surface area is 184 Å². The number of rotatable bonds is 5. The minimum Gasteiger partial charge on any atom is -0.497 e. The lowest BCUT2D eigenvalue weighted by molar-refractivity contribution is 0.0939. The number of carbonyl (C=O) groups is 2. The van der Waals surface area contributed by atoms with Crippen LogP contribution in [0.25, 0.3) is 5.70 Å². The van der Waals surface area contributed by atoms with Gasteiger partial charge < -0.3 is 15.4 Å². The van der Waals surface area contributed by atoms with E-state index in [2.05, 4.69) is 51.3 Å². The Morgan fingerprint density at radius 3 is 2.52 bits per heavy atom. The smallest absolute Gasteiger partial charge is 0.251 e. The van der Waals surface area contributed by atoms with Crippen molar-refractivity contribution in [3.8, 4) is 5.75 Å². The summed E-state index contributed by atoms with van der Waals surface area (Å²) in [5, 5.41) is 6.41. The van der Waals surface area contributed by atoms with E-state index in [1.165, 1.54) is 5.56 Å². The van der Waals surface area contributed by atoms with Gasteiger partial charge in [0.15, 0.2) is 5.78 Å². The van der Waals surface area contributed by atoms with Crippen LogP contribution in [-0.4, -0.2) is 30.9 Å². The van der Waals surface area contributed by atoms with Crippen molar-refractivity contribution in [3.63, 3.8) is 0 Å². The van der Waals surface area contributed by atoms with E-state index >= 15 is 0 Å². The molecule has 0 bridgehead atoms. The van der Waals surface area contributed by atoms with Crippen LogP contribution < -0.4 is 15.4 Å². The van der Waals surface area contributed by atoms with Gasteiger partial charge in [-0.1, -0.05) is 39.0 Å². The van der Waals surface area contributed by atoms with Crippen LogP contribution >= 0.6 is 0 Å². The molecule has 0 atom stereocenters. The van der Waals surface area contributed by atoms with Gasteiger partial charge in [-0.15, -0.1) is 0 Å². The predicted octanol–water partition coefficient (Wildman–Crippen LogP) is 4.62. The summed E-state index contributed by atoms with van der Waals surface area (Å²) in [6.45, 7) is 11.0. The summed E-state index contributed by atoms with van der Waals surface area (Å²) in [7, 11) is 1.63. The van der Waals surface area contributed by atoms with Crippen LogP contribution in [0.2, 0.25) is 0 Å². The summed E-state index contributed by atoms with van der Waals surface area (Å²) in [5.74, 6) is 0.416. The molecule has 0 unspecified atom stereocenters. The van der Waals surface area contributed by atoms with E-state index in [0.29, 0.717) is 17.7 Å². The summed E-state index contributed by atoms with van der Waals surface area (Å²) in [6, 6.07) is 12.8. The van der Waals surface area contributed by atoms with Crippen molar-refractivity contribution in [2.24, 2.45) is 5.41 Å². The third kappa shape index (κ3) is 5.75. The van der Waals surface area contributed by atoms with Crippen LogP contribution in [0.4, 0.5) is 0 Å². The van der Waals surface area contributed by atoms with Gasteiger partial charge >= 0.3 is 0 Å². The molecule has 1 aliphatic heterocycles. The highest BCUT2D eigenvalue weighted by atomic mass is 16.5. The number of carbonyl (C=O) groups excluding carboxylic acids is 2. The van der Waals surface area contributed by atoms with Gasteiger partial charge in [0.25, 0.3) is 5.91 Å². The van der Waals surface area contributed by atoms with Crippen molar-refractivity contribution in [2.45, 2.75) is 46.6 Å². The molecule has 0 aromatic heterocycles. The molecule has 1 amide bonds. The van der Waals surface area contributed by atoms with Gasteiger partial charge in [0, 0.05) is 40.5 Å². The number of methoxy groups -OCH3 is 1. The molecule has 0 saturated carbocycles. The maximum Gasteiger partial charge on any atom is 0.251 e. The van der Waals surface area contributed by atoms with Crippen molar-refractivity contribution in [1.82, 2.24) is 10.6 Å². The second kappa shape index (κ2) is 8.58. The molecule has 1 heterocycles. The molecule has 0 aliphatic carbocycles. The van der Waals surface area contributed by atoms with Crippen molar-refractivity contribution < 1.29 is 14.3 Å². The number of hydrogen-bond donors (Lipinski definition) is 2. The summed E-state index contributed by atoms with van der Waals surface area (Å²) in [6.07, 6.45) is 2.46. The molecule has 0 fully saturated rings. The zero-order chi connectivity index (χ0) is 22.8. The third-order valence-electron chi connectivity index (χ3n) is 5.18. The maximum atomic E-state index is 13.1. The minimum atomic E-state index is -0.178. The molecule has 2 N–H and O–H groups in total. The van der Waals surface area contributed by atoms with Crippen molar-refractivity contribution >= 4 is 17.4 Å². The lowest BCUT2D eigenvalue weighted by Crippen LogP contribution is -2.43. The second-order valence-corrected chi connectivity index (χ2v) is 9.96. The van der Waals surface area contributed by atoms with Crippen molar-refractivity contribution in [2.75, 3.05) is 13.7 Å². The van der Waals surface area contributed by atoms with Gasteiger partial charge in [-0.3, -0.25) is 9.59 Å². The first-order valence-electron chi connectivity index (χ1n) is 10.6. The third-order valence-corrected chi connectivity index (χ3v) is 5.18. The van der Waals surface area contributed by atoms with Crippen molar-refractivity contribution in [1.29, 1.82) is 0 Å². The van der Waals surface area contributed by atoms with Gasteiger partial charge in [-0.2, -0.15) is 0 Å². The van der Waals surface area contributed by atoms with Crippen LogP contribution in [0.1, 0.15) is 66.5 Å². The molecule has 5 nitrogen and oxygen atoms in total. The molecule has 3 rings (SSSR count). The van der Waals surface area contributed by atoms with Crippen LogP contribution in [0.5, 0.6) is 5.75 Å². The molecule has 0 radical (unpaired) electrons. The number of ketones is 1. The largest absolute Gasteiger partial charge is 0.497 e. The Morgan fingerprint density at radius 2 is 1.84 bits per heavy atom. The highest BCUT2D eigenvalue weighted by molar-refractivity contribution is 6.10. The zero-order valence-corrected chi connectivity index (χ0v) is 19.3. The molecule has 5 heteroatoms. The fourth-order valence-corrected chi connectivity index (χ4v) is 3.63. The number of ether oxygens (including phenoxy) is 1. The second-order valence-electron chi connectivity index (χ2n) is 9.96. The molecular formula is C26H32N2O3. The minimum absolute atomic E-state index is 0.0125. The molecule has 2 aromatic carbocycles. The van der Waals surface area contributed by atoms with E-state index in [-0.39, 0.29) is 22.6 Å². The number of nitrogens with one attached hydrogen (secondary N) is 2. The van der Waals surface area contributed by atoms with E-state index in [4.69, 9.17) is 4.74 Å². The first kappa shape index (κ1) is 22.6. The predicted molar refractivity (Wildman–Crippen MR) is 124 cm³/mol. The lowest BCUT2D eigenvalue weighted by atomic mass is 9.85. The van der Waals surface area contributed by atoms with Gasteiger partial charge in [-0.05, 0) is 55.5 Å². The number of fused-ring (bicyclic) bond motifs is 1. The lowest BCUT2D eigenvalue weighted by Gasteiger charge is -2.35. The number of allylic oxidation sites excluding steroid dienone is 1. The first-order chi connectivity index (χ1) is 14.5. The molecule has 164 valence electrons. The standard InChI is InChI=1S/C26H32N2O3/c1-25(2,3)16-27-24(30)18-9-7-8-17(12-18)23(29)14-22-21-13-20(31-6)11-10-19(21)15-26(4,5)28-22/h7-14,28H,15-16H2,1-6H3,(H,27,30)/b22-14-. The summed E-state index contributed by atoms with van der Waals surface area (Å²) >= 11 is 0. The topological polar surface area (TPSA) is 67.4 Å². The quantitative estimate of drug-likeness (QED) is 0.547. The van der Waals surface area contributed by atoms with Crippen LogP contribution in [-0.2, 0) is 6.42 Å². The van der Waals surface area contributed by atoms with Crippen molar-refractivity contribution in [3.05, 3.63) is 70.8 Å².